The van der Waals surface area contributed by atoms with E-state index in [0.29, 0.717) is 24.0 Å². The number of benzene rings is 1. The molecule has 0 saturated carbocycles. The van der Waals surface area contributed by atoms with Crippen LogP contribution < -0.4 is 5.56 Å². The number of fused-ring (bicyclic) bond motifs is 1. The second-order valence-electron chi connectivity index (χ2n) is 6.83. The predicted octanol–water partition coefficient (Wildman–Crippen LogP) is 0.964. The average molecular weight is 373 g/mol. The molecule has 1 aliphatic rings. The zero-order valence-corrected chi connectivity index (χ0v) is 15.6. The molecule has 0 bridgehead atoms. The molecular formula is C19H23N3O5. The Balaban J connectivity index is 1.64. The lowest BCUT2D eigenvalue weighted by Gasteiger charge is -2.36. The normalized spacial score (nSPS) is 21.1. The molecule has 8 nitrogen and oxygen atoms in total. The van der Waals surface area contributed by atoms with Crippen LogP contribution >= 0.6 is 0 Å². The Hall–Kier alpha value is -2.74. The van der Waals surface area contributed by atoms with Crippen molar-refractivity contribution in [3.63, 3.8) is 0 Å². The number of hydrogen-bond acceptors (Lipinski definition) is 6. The first kappa shape index (κ1) is 19.0. The second kappa shape index (κ2) is 7.87. The van der Waals surface area contributed by atoms with E-state index in [4.69, 9.17) is 9.47 Å². The summed E-state index contributed by atoms with van der Waals surface area (Å²) in [5.74, 6) is -0.932. The SMILES string of the molecule is CC1CN(C(=O)C(C)OC(=O)Cn2cnc3ccccc3c2=O)CC(C)O1. The van der Waals surface area contributed by atoms with Crippen LogP contribution in [-0.2, 0) is 25.6 Å². The van der Waals surface area contributed by atoms with E-state index in [1.807, 2.05) is 13.8 Å². The molecule has 0 N–H and O–H groups in total. The first-order valence-electron chi connectivity index (χ1n) is 8.93. The number of para-hydroxylation sites is 1. The average Bonchev–Trinajstić information content (AvgIpc) is 2.62. The van der Waals surface area contributed by atoms with Crippen LogP contribution in [0.3, 0.4) is 0 Å². The van der Waals surface area contributed by atoms with Crippen molar-refractivity contribution in [1.82, 2.24) is 14.5 Å². The highest BCUT2D eigenvalue weighted by atomic mass is 16.5. The molecule has 1 fully saturated rings. The van der Waals surface area contributed by atoms with Gasteiger partial charge in [0.25, 0.3) is 11.5 Å². The predicted molar refractivity (Wildman–Crippen MR) is 98.1 cm³/mol. The van der Waals surface area contributed by atoms with E-state index >= 15 is 0 Å². The summed E-state index contributed by atoms with van der Waals surface area (Å²) in [6, 6.07) is 6.90. The molecular weight excluding hydrogens is 350 g/mol. The summed E-state index contributed by atoms with van der Waals surface area (Å²) in [5, 5.41) is 0.424. The minimum absolute atomic E-state index is 0.0668. The number of carbonyl (C=O) groups excluding carboxylic acids is 2. The van der Waals surface area contributed by atoms with E-state index in [-0.39, 0.29) is 30.2 Å². The third-order valence-electron chi connectivity index (χ3n) is 4.42. The summed E-state index contributed by atoms with van der Waals surface area (Å²) in [4.78, 5) is 43.0. The van der Waals surface area contributed by atoms with E-state index < -0.39 is 12.1 Å². The summed E-state index contributed by atoms with van der Waals surface area (Å²) >= 11 is 0. The highest BCUT2D eigenvalue weighted by Crippen LogP contribution is 2.13. The zero-order valence-electron chi connectivity index (χ0n) is 15.6. The fourth-order valence-electron chi connectivity index (χ4n) is 3.26. The molecule has 8 heteroatoms. The van der Waals surface area contributed by atoms with Crippen molar-refractivity contribution >= 4 is 22.8 Å². The van der Waals surface area contributed by atoms with Gasteiger partial charge in [0, 0.05) is 13.1 Å². The lowest BCUT2D eigenvalue weighted by atomic mass is 10.2. The Kier molecular flexibility index (Phi) is 5.55. The largest absolute Gasteiger partial charge is 0.451 e. The fraction of sp³-hybridized carbons (Fsp3) is 0.474. The first-order chi connectivity index (χ1) is 12.8. The number of hydrogen-bond donors (Lipinski definition) is 0. The van der Waals surface area contributed by atoms with E-state index in [1.165, 1.54) is 17.8 Å². The maximum atomic E-state index is 12.5. The number of rotatable bonds is 4. The zero-order chi connectivity index (χ0) is 19.6. The van der Waals surface area contributed by atoms with Crippen molar-refractivity contribution in [1.29, 1.82) is 0 Å². The smallest absolute Gasteiger partial charge is 0.326 e. The van der Waals surface area contributed by atoms with Crippen LogP contribution in [0.15, 0.2) is 35.4 Å². The van der Waals surface area contributed by atoms with Crippen molar-refractivity contribution in [2.24, 2.45) is 0 Å². The molecule has 0 radical (unpaired) electrons. The molecule has 2 heterocycles. The maximum absolute atomic E-state index is 12.5. The molecule has 27 heavy (non-hydrogen) atoms. The van der Waals surface area contributed by atoms with E-state index in [9.17, 15) is 14.4 Å². The molecule has 1 amide bonds. The van der Waals surface area contributed by atoms with Gasteiger partial charge in [-0.15, -0.1) is 0 Å². The van der Waals surface area contributed by atoms with E-state index in [2.05, 4.69) is 4.98 Å². The summed E-state index contributed by atoms with van der Waals surface area (Å²) in [6.07, 6.45) is 0.244. The number of esters is 1. The molecule has 0 spiro atoms. The Labute approximate surface area is 156 Å². The van der Waals surface area contributed by atoms with Gasteiger partial charge in [-0.25, -0.2) is 4.98 Å². The fourth-order valence-corrected chi connectivity index (χ4v) is 3.26. The number of morpholine rings is 1. The lowest BCUT2D eigenvalue weighted by molar-refractivity contribution is -0.164. The molecule has 3 unspecified atom stereocenters. The molecule has 3 rings (SSSR count). The van der Waals surface area contributed by atoms with Gasteiger partial charge in [-0.3, -0.25) is 19.0 Å². The summed E-state index contributed by atoms with van der Waals surface area (Å²) < 4.78 is 12.0. The standard InChI is InChI=1S/C19H23N3O5/c1-12-8-21(9-13(2)26-12)18(24)14(3)27-17(23)10-22-11-20-16-7-5-4-6-15(16)19(22)25/h4-7,11-14H,8-10H2,1-3H3. The molecule has 1 aliphatic heterocycles. The van der Waals surface area contributed by atoms with Crippen LogP contribution in [0.2, 0.25) is 0 Å². The van der Waals surface area contributed by atoms with Crippen molar-refractivity contribution in [2.45, 2.75) is 45.6 Å². The summed E-state index contributed by atoms with van der Waals surface area (Å²) in [7, 11) is 0. The van der Waals surface area contributed by atoms with Crippen LogP contribution in [0.1, 0.15) is 20.8 Å². The van der Waals surface area contributed by atoms with E-state index in [0.717, 1.165) is 0 Å². The Morgan fingerprint density at radius 3 is 2.63 bits per heavy atom. The summed E-state index contributed by atoms with van der Waals surface area (Å²) in [5.41, 5.74) is 0.235. The molecule has 1 aromatic heterocycles. The third-order valence-corrected chi connectivity index (χ3v) is 4.42. The Morgan fingerprint density at radius 1 is 1.26 bits per heavy atom. The van der Waals surface area contributed by atoms with Gasteiger partial charge in [0.15, 0.2) is 6.10 Å². The molecule has 1 aromatic carbocycles. The van der Waals surface area contributed by atoms with Crippen LogP contribution in [0.4, 0.5) is 0 Å². The van der Waals surface area contributed by atoms with Gasteiger partial charge in [0.2, 0.25) is 0 Å². The number of nitrogens with zero attached hydrogens (tertiary/aromatic N) is 3. The van der Waals surface area contributed by atoms with Gasteiger partial charge in [0.05, 0.1) is 29.4 Å². The minimum Gasteiger partial charge on any atom is -0.451 e. The van der Waals surface area contributed by atoms with Crippen LogP contribution in [-0.4, -0.2) is 57.7 Å². The quantitative estimate of drug-likeness (QED) is 0.742. The molecule has 3 atom stereocenters. The minimum atomic E-state index is -0.931. The number of aromatic nitrogens is 2. The number of ether oxygens (including phenoxy) is 2. The number of amides is 1. The van der Waals surface area contributed by atoms with Gasteiger partial charge in [-0.05, 0) is 32.9 Å². The van der Waals surface area contributed by atoms with Gasteiger partial charge >= 0.3 is 5.97 Å². The molecule has 144 valence electrons. The van der Waals surface area contributed by atoms with Gasteiger partial charge in [-0.1, -0.05) is 12.1 Å². The van der Waals surface area contributed by atoms with Crippen molar-refractivity contribution < 1.29 is 19.1 Å². The van der Waals surface area contributed by atoms with Crippen molar-refractivity contribution in [3.05, 3.63) is 40.9 Å². The maximum Gasteiger partial charge on any atom is 0.326 e. The van der Waals surface area contributed by atoms with Crippen LogP contribution in [0, 0.1) is 0 Å². The van der Waals surface area contributed by atoms with E-state index in [1.54, 1.807) is 29.2 Å². The second-order valence-corrected chi connectivity index (χ2v) is 6.83. The van der Waals surface area contributed by atoms with Crippen LogP contribution in [0.25, 0.3) is 10.9 Å². The highest BCUT2D eigenvalue weighted by Gasteiger charge is 2.30. The highest BCUT2D eigenvalue weighted by molar-refractivity contribution is 5.83. The molecule has 2 aromatic rings. The summed E-state index contributed by atoms with van der Waals surface area (Å²) in [6.45, 7) is 5.94. The topological polar surface area (TPSA) is 90.7 Å². The van der Waals surface area contributed by atoms with Crippen molar-refractivity contribution in [3.8, 4) is 0 Å². The Bertz CT molecular complexity index is 900. The van der Waals surface area contributed by atoms with Gasteiger partial charge in [0.1, 0.15) is 6.54 Å². The van der Waals surface area contributed by atoms with Gasteiger partial charge in [-0.2, -0.15) is 0 Å². The molecule has 1 saturated heterocycles. The Morgan fingerprint density at radius 2 is 1.93 bits per heavy atom. The molecule has 0 aliphatic carbocycles. The monoisotopic (exact) mass is 373 g/mol. The van der Waals surface area contributed by atoms with Crippen LogP contribution in [0.5, 0.6) is 0 Å². The van der Waals surface area contributed by atoms with Crippen molar-refractivity contribution in [2.75, 3.05) is 13.1 Å². The first-order valence-corrected chi connectivity index (χ1v) is 8.93. The third kappa shape index (κ3) is 4.33. The number of carbonyl (C=O) groups is 2. The van der Waals surface area contributed by atoms with Gasteiger partial charge < -0.3 is 14.4 Å². The lowest BCUT2D eigenvalue weighted by Crippen LogP contribution is -2.51.